The second-order valence-corrected chi connectivity index (χ2v) is 11.4. The Morgan fingerprint density at radius 1 is 1.12 bits per heavy atom. The van der Waals surface area contributed by atoms with E-state index >= 15 is 0 Å². The van der Waals surface area contributed by atoms with Gasteiger partial charge < -0.3 is 9.47 Å². The van der Waals surface area contributed by atoms with Crippen LogP contribution in [0.3, 0.4) is 0 Å². The predicted octanol–water partition coefficient (Wildman–Crippen LogP) is 5.53. The molecular formula is C31H33ClN8O3. The number of methoxy groups -OCH3 is 1. The van der Waals surface area contributed by atoms with Crippen LogP contribution in [0.25, 0.3) is 11.1 Å². The molecule has 1 fully saturated rings. The molecule has 0 aromatic carbocycles. The van der Waals surface area contributed by atoms with E-state index in [2.05, 4.69) is 36.0 Å². The SMILES string of the molecule is COc1ncc(-c2ccnc(N(C(=O)OCC(C)C)C3CCC(Cc4ncc(C#N)c(C5=NCC=C5Cl)n4)CC3)c2)cn1. The normalized spacial score (nSPS) is 18.0. The van der Waals surface area contributed by atoms with Gasteiger partial charge in [-0.25, -0.2) is 29.7 Å². The Labute approximate surface area is 255 Å². The van der Waals surface area contributed by atoms with Gasteiger partial charge in [0.25, 0.3) is 0 Å². The Bertz CT molecular complexity index is 1560. The predicted molar refractivity (Wildman–Crippen MR) is 162 cm³/mol. The summed E-state index contributed by atoms with van der Waals surface area (Å²) in [5.74, 6) is 1.70. The van der Waals surface area contributed by atoms with E-state index in [0.717, 1.165) is 36.8 Å². The van der Waals surface area contributed by atoms with Gasteiger partial charge in [0.15, 0.2) is 0 Å². The fourth-order valence-corrected chi connectivity index (χ4v) is 5.48. The molecule has 11 nitrogen and oxygen atoms in total. The summed E-state index contributed by atoms with van der Waals surface area (Å²) < 4.78 is 10.8. The van der Waals surface area contributed by atoms with Crippen LogP contribution in [0.5, 0.6) is 6.01 Å². The summed E-state index contributed by atoms with van der Waals surface area (Å²) in [6.07, 6.45) is 11.9. The number of rotatable bonds is 9. The molecule has 0 saturated heterocycles. The van der Waals surface area contributed by atoms with Crippen LogP contribution in [-0.4, -0.2) is 63.0 Å². The number of anilines is 1. The van der Waals surface area contributed by atoms with Crippen molar-refractivity contribution in [1.29, 1.82) is 5.26 Å². The summed E-state index contributed by atoms with van der Waals surface area (Å²) in [7, 11) is 1.52. The van der Waals surface area contributed by atoms with Gasteiger partial charge in [0.1, 0.15) is 29.1 Å². The number of nitriles is 1. The van der Waals surface area contributed by atoms with Gasteiger partial charge >= 0.3 is 12.1 Å². The molecule has 1 aliphatic carbocycles. The summed E-state index contributed by atoms with van der Waals surface area (Å²) in [6.45, 7) is 4.81. The first kappa shape index (κ1) is 30.0. The molecular weight excluding hydrogens is 568 g/mol. The smallest absolute Gasteiger partial charge is 0.415 e. The van der Waals surface area contributed by atoms with Crippen LogP contribution >= 0.6 is 11.6 Å². The Hall–Kier alpha value is -4.43. The van der Waals surface area contributed by atoms with Crippen LogP contribution in [0.15, 0.2) is 53.0 Å². The lowest BCUT2D eigenvalue weighted by Crippen LogP contribution is -2.44. The molecule has 0 bridgehead atoms. The van der Waals surface area contributed by atoms with Crippen LogP contribution in [0.4, 0.5) is 10.6 Å². The third-order valence-corrected chi connectivity index (χ3v) is 7.79. The van der Waals surface area contributed by atoms with Crippen LogP contribution < -0.4 is 9.64 Å². The summed E-state index contributed by atoms with van der Waals surface area (Å²) in [5, 5.41) is 10.1. The molecule has 1 saturated carbocycles. The van der Waals surface area contributed by atoms with Gasteiger partial charge in [-0.05, 0) is 61.3 Å². The largest absolute Gasteiger partial charge is 0.467 e. The van der Waals surface area contributed by atoms with Gasteiger partial charge in [-0.15, -0.1) is 0 Å². The number of hydrogen-bond donors (Lipinski definition) is 0. The van der Waals surface area contributed by atoms with Crippen molar-refractivity contribution < 1.29 is 14.3 Å². The van der Waals surface area contributed by atoms with Gasteiger partial charge in [-0.1, -0.05) is 25.4 Å². The van der Waals surface area contributed by atoms with Crippen molar-refractivity contribution in [2.75, 3.05) is 25.2 Å². The molecule has 222 valence electrons. The van der Waals surface area contributed by atoms with Crippen LogP contribution in [0.2, 0.25) is 0 Å². The summed E-state index contributed by atoms with van der Waals surface area (Å²) in [4.78, 5) is 41.7. The monoisotopic (exact) mass is 600 g/mol. The molecule has 5 rings (SSSR count). The molecule has 0 atom stereocenters. The number of aromatic nitrogens is 5. The van der Waals surface area contributed by atoms with E-state index in [-0.39, 0.29) is 18.0 Å². The second-order valence-electron chi connectivity index (χ2n) is 11.0. The Balaban J connectivity index is 1.32. The maximum atomic E-state index is 13.5. The first-order chi connectivity index (χ1) is 20.9. The minimum Gasteiger partial charge on any atom is -0.467 e. The van der Waals surface area contributed by atoms with Crippen molar-refractivity contribution in [3.8, 4) is 23.2 Å². The molecule has 43 heavy (non-hydrogen) atoms. The molecule has 0 N–H and O–H groups in total. The number of hydrogen-bond acceptors (Lipinski definition) is 10. The van der Waals surface area contributed by atoms with Crippen molar-refractivity contribution in [3.05, 3.63) is 65.1 Å². The summed E-state index contributed by atoms with van der Waals surface area (Å²) in [6, 6.07) is 6.07. The third kappa shape index (κ3) is 7.14. The zero-order valence-corrected chi connectivity index (χ0v) is 25.2. The Morgan fingerprint density at radius 2 is 1.88 bits per heavy atom. The number of carbonyl (C=O) groups is 1. The highest BCUT2D eigenvalue weighted by Gasteiger charge is 2.33. The quantitative estimate of drug-likeness (QED) is 0.310. The van der Waals surface area contributed by atoms with Crippen molar-refractivity contribution in [3.63, 3.8) is 0 Å². The molecule has 0 radical (unpaired) electrons. The Kier molecular flexibility index (Phi) is 9.57. The number of amides is 1. The molecule has 1 amide bonds. The molecule has 3 aromatic heterocycles. The van der Waals surface area contributed by atoms with E-state index in [4.69, 9.17) is 21.1 Å². The molecule has 0 unspecified atom stereocenters. The lowest BCUT2D eigenvalue weighted by Gasteiger charge is -2.35. The third-order valence-electron chi connectivity index (χ3n) is 7.46. The van der Waals surface area contributed by atoms with E-state index in [1.807, 2.05) is 26.0 Å². The average Bonchev–Trinajstić information content (AvgIpc) is 3.46. The topological polar surface area (TPSA) is 139 Å². The zero-order chi connectivity index (χ0) is 30.3. The Morgan fingerprint density at radius 3 is 2.53 bits per heavy atom. The number of pyridine rings is 1. The molecule has 4 heterocycles. The molecule has 1 aliphatic heterocycles. The molecule has 12 heteroatoms. The average molecular weight is 601 g/mol. The summed E-state index contributed by atoms with van der Waals surface area (Å²) in [5.41, 5.74) is 2.99. The molecule has 0 spiro atoms. The minimum atomic E-state index is -0.407. The molecule has 3 aromatic rings. The van der Waals surface area contributed by atoms with E-state index < -0.39 is 6.09 Å². The van der Waals surface area contributed by atoms with E-state index in [1.54, 1.807) is 35.8 Å². The van der Waals surface area contributed by atoms with Crippen molar-refractivity contribution in [2.45, 2.75) is 52.0 Å². The zero-order valence-electron chi connectivity index (χ0n) is 24.4. The van der Waals surface area contributed by atoms with Gasteiger partial charge in [0, 0.05) is 42.8 Å². The number of nitrogens with zero attached hydrogens (tertiary/aromatic N) is 8. The summed E-state index contributed by atoms with van der Waals surface area (Å²) >= 11 is 6.31. The lowest BCUT2D eigenvalue weighted by atomic mass is 9.83. The highest BCUT2D eigenvalue weighted by molar-refractivity contribution is 6.46. The standard InChI is InChI=1S/C31H33ClN8O3/c1-19(2)18-43-31(41)40(27-13-21(8-10-34-27)23-16-37-30(42-3)38-17-23)24-6-4-20(5-7-24)12-26-36-15-22(14-33)28(39-26)29-25(32)9-11-35-29/h8-10,13,15-17,19-20,24H,4-7,11-12,18H2,1-3H3. The number of halogens is 1. The second kappa shape index (κ2) is 13.7. The number of ether oxygens (including phenoxy) is 2. The van der Waals surface area contributed by atoms with Crippen LogP contribution in [0.1, 0.15) is 56.6 Å². The highest BCUT2D eigenvalue weighted by Crippen LogP contribution is 2.33. The first-order valence-electron chi connectivity index (χ1n) is 14.3. The number of carbonyl (C=O) groups excluding carboxylic acids is 1. The van der Waals surface area contributed by atoms with Gasteiger partial charge in [-0.2, -0.15) is 5.26 Å². The van der Waals surface area contributed by atoms with Crippen LogP contribution in [-0.2, 0) is 11.2 Å². The molecule has 2 aliphatic rings. The van der Waals surface area contributed by atoms with Gasteiger partial charge in [0.05, 0.1) is 30.9 Å². The van der Waals surface area contributed by atoms with Gasteiger partial charge in [-0.3, -0.25) is 9.89 Å². The highest BCUT2D eigenvalue weighted by atomic mass is 35.5. The van der Waals surface area contributed by atoms with E-state index in [9.17, 15) is 10.1 Å². The van der Waals surface area contributed by atoms with Crippen molar-refractivity contribution in [1.82, 2.24) is 24.9 Å². The minimum absolute atomic E-state index is 0.0833. The van der Waals surface area contributed by atoms with Crippen LogP contribution in [0, 0.1) is 23.2 Å². The first-order valence-corrected chi connectivity index (χ1v) is 14.7. The fraction of sp³-hybridized carbons (Fsp3) is 0.419. The maximum absolute atomic E-state index is 13.5. The maximum Gasteiger partial charge on any atom is 0.415 e. The number of allylic oxidation sites excluding steroid dienone is 1. The fourth-order valence-electron chi connectivity index (χ4n) is 5.26. The van der Waals surface area contributed by atoms with Gasteiger partial charge in [0.2, 0.25) is 0 Å². The van der Waals surface area contributed by atoms with Crippen molar-refractivity contribution in [2.24, 2.45) is 16.8 Å². The van der Waals surface area contributed by atoms with Crippen molar-refractivity contribution >= 4 is 29.2 Å². The lowest BCUT2D eigenvalue weighted by molar-refractivity contribution is 0.134. The van der Waals surface area contributed by atoms with E-state index in [1.165, 1.54) is 7.11 Å². The number of aliphatic imine (C=N–C) groups is 1. The van der Waals surface area contributed by atoms with E-state index in [0.29, 0.717) is 59.1 Å².